The summed E-state index contributed by atoms with van der Waals surface area (Å²) in [6, 6.07) is 11.9. The highest BCUT2D eigenvalue weighted by atomic mass is 32.1. The second-order valence-corrected chi connectivity index (χ2v) is 10.1. The largest absolute Gasteiger partial charge is 0.494 e. The molecule has 1 amide bonds. The number of carbonyl (C=O) groups excluding carboxylic acids is 1. The number of aromatic nitrogens is 1. The molecular formula is C27H36N4O2S. The summed E-state index contributed by atoms with van der Waals surface area (Å²) in [6.07, 6.45) is 3.37. The van der Waals surface area contributed by atoms with Gasteiger partial charge in [0, 0.05) is 44.8 Å². The number of aryl methyl sites for hydroxylation is 2. The van der Waals surface area contributed by atoms with E-state index >= 15 is 0 Å². The zero-order valence-corrected chi connectivity index (χ0v) is 21.4. The fraction of sp³-hybridized carbons (Fsp3) is 0.481. The van der Waals surface area contributed by atoms with E-state index in [1.807, 2.05) is 24.3 Å². The number of unbranched alkanes of at least 4 members (excludes halogenated alkanes) is 2. The smallest absolute Gasteiger partial charge is 0.251 e. The van der Waals surface area contributed by atoms with Crippen LogP contribution in [0.25, 0.3) is 10.2 Å². The van der Waals surface area contributed by atoms with E-state index in [0.29, 0.717) is 18.7 Å². The number of carbonyl (C=O) groups is 1. The first-order chi connectivity index (χ1) is 16.5. The summed E-state index contributed by atoms with van der Waals surface area (Å²) < 4.78 is 7.07. The predicted octanol–water partition coefficient (Wildman–Crippen LogP) is 5.03. The Morgan fingerprint density at radius 2 is 1.94 bits per heavy atom. The van der Waals surface area contributed by atoms with Gasteiger partial charge in [0.25, 0.3) is 5.91 Å². The van der Waals surface area contributed by atoms with Crippen LogP contribution in [0.4, 0.5) is 5.13 Å². The van der Waals surface area contributed by atoms with Crippen LogP contribution in [-0.4, -0.2) is 61.7 Å². The maximum Gasteiger partial charge on any atom is 0.251 e. The third kappa shape index (κ3) is 6.27. The Labute approximate surface area is 206 Å². The highest BCUT2D eigenvalue weighted by Gasteiger charge is 2.20. The Bertz CT molecular complexity index is 1110. The van der Waals surface area contributed by atoms with Crippen LogP contribution in [0.15, 0.2) is 36.4 Å². The maximum atomic E-state index is 12.6. The van der Waals surface area contributed by atoms with E-state index in [2.05, 4.69) is 48.0 Å². The van der Waals surface area contributed by atoms with Crippen molar-refractivity contribution in [3.8, 4) is 5.75 Å². The van der Waals surface area contributed by atoms with Crippen molar-refractivity contribution in [3.63, 3.8) is 0 Å². The van der Waals surface area contributed by atoms with Crippen molar-refractivity contribution < 1.29 is 9.53 Å². The lowest BCUT2D eigenvalue weighted by atomic mass is 10.1. The molecule has 0 spiro atoms. The number of piperazine rings is 1. The Morgan fingerprint density at radius 3 is 2.74 bits per heavy atom. The van der Waals surface area contributed by atoms with Crippen LogP contribution in [0.3, 0.4) is 0 Å². The highest BCUT2D eigenvalue weighted by molar-refractivity contribution is 7.22. The maximum absolute atomic E-state index is 12.6. The molecule has 1 aliphatic heterocycles. The molecule has 0 bridgehead atoms. The van der Waals surface area contributed by atoms with Crippen LogP contribution in [0.2, 0.25) is 0 Å². The Kier molecular flexibility index (Phi) is 8.40. The molecule has 0 radical (unpaired) electrons. The monoisotopic (exact) mass is 480 g/mol. The van der Waals surface area contributed by atoms with Crippen LogP contribution in [-0.2, 0) is 0 Å². The third-order valence-electron chi connectivity index (χ3n) is 6.28. The molecule has 34 heavy (non-hydrogen) atoms. The van der Waals surface area contributed by atoms with E-state index in [1.54, 1.807) is 11.3 Å². The Morgan fingerprint density at radius 1 is 1.12 bits per heavy atom. The zero-order chi connectivity index (χ0) is 23.9. The van der Waals surface area contributed by atoms with Gasteiger partial charge in [-0.15, -0.1) is 0 Å². The molecule has 0 atom stereocenters. The average Bonchev–Trinajstić information content (AvgIpc) is 3.27. The summed E-state index contributed by atoms with van der Waals surface area (Å²) in [7, 11) is 0. The van der Waals surface area contributed by atoms with E-state index in [0.717, 1.165) is 62.0 Å². The van der Waals surface area contributed by atoms with Crippen molar-refractivity contribution >= 4 is 32.6 Å². The number of nitrogens with one attached hydrogen (secondary N) is 1. The molecular weight excluding hydrogens is 444 g/mol. The molecule has 1 N–H and O–H groups in total. The van der Waals surface area contributed by atoms with Crippen molar-refractivity contribution in [2.75, 3.05) is 50.8 Å². The second kappa shape index (κ2) is 11.7. The summed E-state index contributed by atoms with van der Waals surface area (Å²) in [6.45, 7) is 12.5. The Balaban J connectivity index is 1.21. The highest BCUT2D eigenvalue weighted by Crippen LogP contribution is 2.32. The molecule has 7 heteroatoms. The minimum atomic E-state index is -0.0437. The number of hydrogen-bond acceptors (Lipinski definition) is 6. The van der Waals surface area contributed by atoms with Crippen molar-refractivity contribution in [1.29, 1.82) is 0 Å². The first-order valence-corrected chi connectivity index (χ1v) is 13.2. The van der Waals surface area contributed by atoms with Crippen LogP contribution in [0.5, 0.6) is 5.75 Å². The number of amides is 1. The summed E-state index contributed by atoms with van der Waals surface area (Å²) in [5, 5.41) is 4.18. The van der Waals surface area contributed by atoms with Gasteiger partial charge in [0.05, 0.1) is 16.8 Å². The van der Waals surface area contributed by atoms with Gasteiger partial charge in [-0.1, -0.05) is 43.2 Å². The van der Waals surface area contributed by atoms with Gasteiger partial charge in [-0.3, -0.25) is 9.69 Å². The molecule has 0 unspecified atom stereocenters. The fourth-order valence-electron chi connectivity index (χ4n) is 4.36. The lowest BCUT2D eigenvalue weighted by Gasteiger charge is -2.34. The van der Waals surface area contributed by atoms with Gasteiger partial charge < -0.3 is 15.0 Å². The Hall–Kier alpha value is -2.64. The van der Waals surface area contributed by atoms with Gasteiger partial charge >= 0.3 is 0 Å². The van der Waals surface area contributed by atoms with Crippen molar-refractivity contribution in [1.82, 2.24) is 15.2 Å². The molecule has 4 rings (SSSR count). The molecule has 182 valence electrons. The summed E-state index contributed by atoms with van der Waals surface area (Å²) in [5.41, 5.74) is 4.33. The molecule has 0 saturated carbocycles. The lowest BCUT2D eigenvalue weighted by molar-refractivity contribution is 0.0947. The summed E-state index contributed by atoms with van der Waals surface area (Å²) in [4.78, 5) is 22.3. The summed E-state index contributed by atoms with van der Waals surface area (Å²) in [5.74, 6) is 0.720. The molecule has 0 aliphatic carbocycles. The summed E-state index contributed by atoms with van der Waals surface area (Å²) >= 11 is 1.80. The predicted molar refractivity (Wildman–Crippen MR) is 142 cm³/mol. The molecule has 6 nitrogen and oxygen atoms in total. The number of hydrogen-bond donors (Lipinski definition) is 1. The normalized spacial score (nSPS) is 14.5. The van der Waals surface area contributed by atoms with Gasteiger partial charge in [0.2, 0.25) is 0 Å². The van der Waals surface area contributed by atoms with Crippen molar-refractivity contribution in [2.45, 2.75) is 40.0 Å². The van der Waals surface area contributed by atoms with Crippen LogP contribution >= 0.6 is 11.3 Å². The molecule has 1 aromatic heterocycles. The molecule has 1 saturated heterocycles. The fourth-order valence-corrected chi connectivity index (χ4v) is 5.43. The molecule has 1 aliphatic rings. The lowest BCUT2D eigenvalue weighted by Crippen LogP contribution is -2.48. The first-order valence-electron chi connectivity index (χ1n) is 12.4. The van der Waals surface area contributed by atoms with Gasteiger partial charge in [-0.25, -0.2) is 4.98 Å². The van der Waals surface area contributed by atoms with Gasteiger partial charge in [-0.2, -0.15) is 0 Å². The van der Waals surface area contributed by atoms with Gasteiger partial charge in [-0.05, 0) is 55.7 Å². The standard InChI is InChI=1S/C27H36N4O2S/c1-4-5-6-16-33-23-9-7-8-22(19-23)26(32)28-10-11-30-12-14-31(15-13-30)27-29-24-18-20(2)17-21(3)25(24)34-27/h7-9,17-19H,4-6,10-16H2,1-3H3,(H,28,32). The first kappa shape index (κ1) is 24.5. The minimum Gasteiger partial charge on any atom is -0.494 e. The zero-order valence-electron chi connectivity index (χ0n) is 20.6. The number of benzene rings is 2. The van der Waals surface area contributed by atoms with E-state index in [-0.39, 0.29) is 5.91 Å². The number of anilines is 1. The molecule has 3 aromatic rings. The van der Waals surface area contributed by atoms with Crippen LogP contribution in [0.1, 0.15) is 47.7 Å². The topological polar surface area (TPSA) is 57.7 Å². The molecule has 2 heterocycles. The number of ether oxygens (including phenoxy) is 1. The van der Waals surface area contributed by atoms with Crippen molar-refractivity contribution in [3.05, 3.63) is 53.1 Å². The molecule has 2 aromatic carbocycles. The van der Waals surface area contributed by atoms with Gasteiger partial charge in [0.15, 0.2) is 5.13 Å². The third-order valence-corrected chi connectivity index (χ3v) is 7.55. The number of nitrogens with zero attached hydrogens (tertiary/aromatic N) is 3. The van der Waals surface area contributed by atoms with E-state index in [1.165, 1.54) is 22.2 Å². The SMILES string of the molecule is CCCCCOc1cccc(C(=O)NCCN2CCN(c3nc4cc(C)cc(C)c4s3)CC2)c1. The van der Waals surface area contributed by atoms with Crippen molar-refractivity contribution in [2.24, 2.45) is 0 Å². The molecule has 1 fully saturated rings. The van der Waals surface area contributed by atoms with Gasteiger partial charge in [0.1, 0.15) is 5.75 Å². The second-order valence-electron chi connectivity index (χ2n) is 9.09. The minimum absolute atomic E-state index is 0.0437. The number of rotatable bonds is 10. The van der Waals surface area contributed by atoms with E-state index in [4.69, 9.17) is 9.72 Å². The van der Waals surface area contributed by atoms with E-state index in [9.17, 15) is 4.79 Å². The number of thiazole rings is 1. The number of fused-ring (bicyclic) bond motifs is 1. The van der Waals surface area contributed by atoms with Crippen LogP contribution in [0, 0.1) is 13.8 Å². The average molecular weight is 481 g/mol. The van der Waals surface area contributed by atoms with E-state index < -0.39 is 0 Å². The quantitative estimate of drug-likeness (QED) is 0.412. The van der Waals surface area contributed by atoms with Crippen LogP contribution < -0.4 is 15.0 Å².